The Bertz CT molecular complexity index is 665. The van der Waals surface area contributed by atoms with E-state index in [0.717, 1.165) is 18.3 Å². The molecule has 34 heavy (non-hydrogen) atoms. The van der Waals surface area contributed by atoms with Gasteiger partial charge in [-0.2, -0.15) is 0 Å². The Hall–Kier alpha value is -1.57. The van der Waals surface area contributed by atoms with Crippen molar-refractivity contribution >= 4 is 18.0 Å². The van der Waals surface area contributed by atoms with Crippen LogP contribution in [0.4, 0.5) is 5.69 Å². The Morgan fingerprint density at radius 1 is 0.735 bits per heavy atom. The van der Waals surface area contributed by atoms with E-state index in [1.54, 1.807) is 6.08 Å². The van der Waals surface area contributed by atoms with Crippen LogP contribution < -0.4 is 4.90 Å². The Morgan fingerprint density at radius 3 is 1.79 bits per heavy atom. The first-order valence-corrected chi connectivity index (χ1v) is 14.8. The molecule has 192 valence electrons. The third-order valence-electron chi connectivity index (χ3n) is 7.47. The van der Waals surface area contributed by atoms with Gasteiger partial charge < -0.3 is 4.90 Å². The molecule has 0 radical (unpaired) electrons. The van der Waals surface area contributed by atoms with E-state index in [4.69, 9.17) is 0 Å². The fraction of sp³-hybridized carbons (Fsp3) is 0.719. The summed E-state index contributed by atoms with van der Waals surface area (Å²) >= 11 is 0. The van der Waals surface area contributed by atoms with E-state index >= 15 is 0 Å². The molecule has 2 nitrogen and oxygen atoms in total. The molecule has 0 bridgehead atoms. The van der Waals surface area contributed by atoms with Crippen LogP contribution in [0.25, 0.3) is 6.08 Å². The maximum absolute atomic E-state index is 10.6. The highest BCUT2D eigenvalue weighted by atomic mass is 16.1. The molecule has 0 saturated carbocycles. The van der Waals surface area contributed by atoms with Gasteiger partial charge in [0.05, 0.1) is 0 Å². The Balaban J connectivity index is 1.40. The van der Waals surface area contributed by atoms with Gasteiger partial charge in [-0.1, -0.05) is 128 Å². The number of hydrogen-bond donors (Lipinski definition) is 0. The lowest BCUT2D eigenvalue weighted by molar-refractivity contribution is -0.104. The predicted molar refractivity (Wildman–Crippen MR) is 151 cm³/mol. The number of aldehydes is 1. The number of carbonyl (C=O) groups excluding carboxylic acids is 1. The molecule has 0 fully saturated rings. The van der Waals surface area contributed by atoms with Crippen LogP contribution in [0.5, 0.6) is 0 Å². The molecule has 0 aromatic heterocycles. The molecule has 0 saturated heterocycles. The average Bonchev–Trinajstić information content (AvgIpc) is 2.86. The van der Waals surface area contributed by atoms with E-state index in [1.807, 2.05) is 6.08 Å². The zero-order valence-corrected chi connectivity index (χ0v) is 22.4. The zero-order valence-electron chi connectivity index (χ0n) is 22.4. The predicted octanol–water partition coefficient (Wildman–Crippen LogP) is 9.69. The number of allylic oxidation sites excluding steroid dienone is 1. The monoisotopic (exact) mass is 467 g/mol. The SMILES string of the molecule is CCCCCCCCCCCCCCCCCCCCN1CCCc2cc(/C=C/C=O)ccc21. The van der Waals surface area contributed by atoms with Gasteiger partial charge in [0.25, 0.3) is 0 Å². The highest BCUT2D eigenvalue weighted by Gasteiger charge is 2.16. The molecule has 0 N–H and O–H groups in total. The second-order valence-electron chi connectivity index (χ2n) is 10.5. The van der Waals surface area contributed by atoms with Crippen molar-refractivity contribution in [1.29, 1.82) is 0 Å². The summed E-state index contributed by atoms with van der Waals surface area (Å²) in [6.45, 7) is 4.68. The van der Waals surface area contributed by atoms with Gasteiger partial charge in [-0.05, 0) is 48.6 Å². The summed E-state index contributed by atoms with van der Waals surface area (Å²) in [5.41, 5.74) is 4.00. The topological polar surface area (TPSA) is 20.3 Å². The quantitative estimate of drug-likeness (QED) is 0.102. The Labute approximate surface area is 211 Å². The first-order valence-electron chi connectivity index (χ1n) is 14.8. The first kappa shape index (κ1) is 28.7. The van der Waals surface area contributed by atoms with Gasteiger partial charge in [-0.15, -0.1) is 0 Å². The van der Waals surface area contributed by atoms with E-state index in [-0.39, 0.29) is 0 Å². The molecule has 0 atom stereocenters. The van der Waals surface area contributed by atoms with Crippen molar-refractivity contribution in [3.8, 4) is 0 Å². The van der Waals surface area contributed by atoms with E-state index in [9.17, 15) is 4.79 Å². The molecule has 0 spiro atoms. The normalized spacial score (nSPS) is 13.5. The fourth-order valence-electron chi connectivity index (χ4n) is 5.39. The number of unbranched alkanes of at least 4 members (excludes halogenated alkanes) is 17. The van der Waals surface area contributed by atoms with Crippen LogP contribution in [0, 0.1) is 0 Å². The van der Waals surface area contributed by atoms with E-state index in [1.165, 1.54) is 146 Å². The van der Waals surface area contributed by atoms with Crippen molar-refractivity contribution in [3.05, 3.63) is 35.4 Å². The van der Waals surface area contributed by atoms with Crippen molar-refractivity contribution in [2.75, 3.05) is 18.0 Å². The third kappa shape index (κ3) is 12.8. The van der Waals surface area contributed by atoms with Crippen LogP contribution in [-0.2, 0) is 11.2 Å². The molecular formula is C32H53NO. The van der Waals surface area contributed by atoms with E-state index in [0.29, 0.717) is 0 Å². The number of carbonyl (C=O) groups is 1. The van der Waals surface area contributed by atoms with Gasteiger partial charge in [0.15, 0.2) is 0 Å². The van der Waals surface area contributed by atoms with E-state index < -0.39 is 0 Å². The number of aryl methyl sites for hydroxylation is 1. The van der Waals surface area contributed by atoms with Gasteiger partial charge in [-0.3, -0.25) is 4.79 Å². The Kier molecular flexibility index (Phi) is 16.6. The lowest BCUT2D eigenvalue weighted by Crippen LogP contribution is -2.30. The van der Waals surface area contributed by atoms with Gasteiger partial charge in [0.2, 0.25) is 0 Å². The lowest BCUT2D eigenvalue weighted by Gasteiger charge is -2.31. The maximum Gasteiger partial charge on any atom is 0.142 e. The molecule has 1 aliphatic rings. The highest BCUT2D eigenvalue weighted by molar-refractivity contribution is 5.74. The summed E-state index contributed by atoms with van der Waals surface area (Å²) in [4.78, 5) is 13.1. The number of fused-ring (bicyclic) bond motifs is 1. The van der Waals surface area contributed by atoms with Gasteiger partial charge >= 0.3 is 0 Å². The summed E-state index contributed by atoms with van der Waals surface area (Å²) < 4.78 is 0. The second kappa shape index (κ2) is 19.7. The Morgan fingerprint density at radius 2 is 1.26 bits per heavy atom. The largest absolute Gasteiger partial charge is 0.371 e. The molecule has 0 aliphatic carbocycles. The minimum absolute atomic E-state index is 0.852. The molecule has 0 amide bonds. The summed E-state index contributed by atoms with van der Waals surface area (Å²) in [7, 11) is 0. The second-order valence-corrected chi connectivity index (χ2v) is 10.5. The lowest BCUT2D eigenvalue weighted by atomic mass is 9.98. The summed E-state index contributed by atoms with van der Waals surface area (Å²) in [6.07, 6.45) is 32.5. The average molecular weight is 468 g/mol. The van der Waals surface area contributed by atoms with Crippen molar-refractivity contribution < 1.29 is 4.79 Å². The molecule has 1 heterocycles. The van der Waals surface area contributed by atoms with E-state index in [2.05, 4.69) is 30.0 Å². The van der Waals surface area contributed by atoms with Gasteiger partial charge in [0, 0.05) is 18.8 Å². The molecule has 1 aliphatic heterocycles. The zero-order chi connectivity index (χ0) is 24.1. The standard InChI is InChI=1S/C32H53NO/c1-2-3-4-5-6-7-8-9-10-11-12-13-14-15-16-17-18-19-26-33-27-20-23-31-29-30(22-21-28-34)24-25-32(31)33/h21-22,24-25,28-29H,2-20,23,26-27H2,1H3/b22-21+. The van der Waals surface area contributed by atoms with Gasteiger partial charge in [0.1, 0.15) is 6.29 Å². The van der Waals surface area contributed by atoms with Crippen LogP contribution in [0.2, 0.25) is 0 Å². The van der Waals surface area contributed by atoms with Crippen molar-refractivity contribution in [1.82, 2.24) is 0 Å². The van der Waals surface area contributed by atoms with Crippen LogP contribution >= 0.6 is 0 Å². The molecule has 2 heteroatoms. The maximum atomic E-state index is 10.6. The highest BCUT2D eigenvalue weighted by Crippen LogP contribution is 2.29. The summed E-state index contributed by atoms with van der Waals surface area (Å²) in [5.74, 6) is 0. The number of rotatable bonds is 21. The third-order valence-corrected chi connectivity index (χ3v) is 7.47. The van der Waals surface area contributed by atoms with Gasteiger partial charge in [-0.25, -0.2) is 0 Å². The van der Waals surface area contributed by atoms with Crippen molar-refractivity contribution in [2.45, 2.75) is 135 Å². The molecule has 1 aromatic rings. The summed E-state index contributed by atoms with van der Waals surface area (Å²) in [5, 5.41) is 0. The van der Waals surface area contributed by atoms with Crippen LogP contribution in [0.3, 0.4) is 0 Å². The molecule has 1 aromatic carbocycles. The van der Waals surface area contributed by atoms with Crippen LogP contribution in [0.15, 0.2) is 24.3 Å². The minimum atomic E-state index is 0.852. The number of nitrogens with zero attached hydrogens (tertiary/aromatic N) is 1. The van der Waals surface area contributed by atoms with Crippen molar-refractivity contribution in [3.63, 3.8) is 0 Å². The van der Waals surface area contributed by atoms with Crippen molar-refractivity contribution in [2.24, 2.45) is 0 Å². The number of anilines is 1. The smallest absolute Gasteiger partial charge is 0.142 e. The van der Waals surface area contributed by atoms with Crippen LogP contribution in [0.1, 0.15) is 140 Å². The molecule has 0 unspecified atom stereocenters. The molecule has 2 rings (SSSR count). The summed E-state index contributed by atoms with van der Waals surface area (Å²) in [6, 6.07) is 6.66. The number of hydrogen-bond acceptors (Lipinski definition) is 2. The fourth-order valence-corrected chi connectivity index (χ4v) is 5.39. The van der Waals surface area contributed by atoms with Crippen LogP contribution in [-0.4, -0.2) is 19.4 Å². The molecular weight excluding hydrogens is 414 g/mol. The number of benzene rings is 1. The first-order chi connectivity index (χ1) is 16.8. The minimum Gasteiger partial charge on any atom is -0.371 e.